The van der Waals surface area contributed by atoms with E-state index in [2.05, 4.69) is 11.2 Å². The summed E-state index contributed by atoms with van der Waals surface area (Å²) in [5.41, 5.74) is -0.116. The molecule has 3 fully saturated rings. The first-order valence-electron chi connectivity index (χ1n) is 10.6. The first-order chi connectivity index (χ1) is 13.9. The Morgan fingerprint density at radius 3 is 2.47 bits per heavy atom. The van der Waals surface area contributed by atoms with Crippen LogP contribution in [0.25, 0.3) is 0 Å². The van der Waals surface area contributed by atoms with Crippen LogP contribution in [0.5, 0.6) is 0 Å². The molecule has 2 amide bonds. The summed E-state index contributed by atoms with van der Waals surface area (Å²) >= 11 is 0. The zero-order valence-corrected chi connectivity index (χ0v) is 18.8. The van der Waals surface area contributed by atoms with Gasteiger partial charge in [0.15, 0.2) is 0 Å². The third-order valence-electron chi connectivity index (χ3n) is 6.83. The number of hydrogen-bond acceptors (Lipinski definition) is 7. The maximum atomic E-state index is 12.1. The number of hydroxylamine groups is 2. The van der Waals surface area contributed by atoms with Crippen molar-refractivity contribution in [3.63, 3.8) is 0 Å². The number of rotatable bonds is 4. The SMILES string of the molecule is CC(=O)OC1(C)CC2CCC1C2.CCC1C=CCC2C(=O)N(OS(C)(=O)=O)C(=O)C12. The fourth-order valence-electron chi connectivity index (χ4n) is 5.58. The number of fused-ring (bicyclic) bond motifs is 3. The van der Waals surface area contributed by atoms with Crippen molar-refractivity contribution in [1.82, 2.24) is 5.06 Å². The maximum Gasteiger partial charge on any atom is 0.303 e. The van der Waals surface area contributed by atoms with E-state index in [1.807, 2.05) is 19.1 Å². The summed E-state index contributed by atoms with van der Waals surface area (Å²) < 4.78 is 32.0. The molecule has 3 aliphatic carbocycles. The smallest absolute Gasteiger partial charge is 0.303 e. The van der Waals surface area contributed by atoms with Gasteiger partial charge in [0, 0.05) is 6.92 Å². The lowest BCUT2D eigenvalue weighted by Crippen LogP contribution is -2.36. The number of carbonyl (C=O) groups excluding carboxylic acids is 3. The minimum Gasteiger partial charge on any atom is -0.459 e. The van der Waals surface area contributed by atoms with E-state index in [4.69, 9.17) is 4.74 Å². The number of nitrogens with zero attached hydrogens (tertiary/aromatic N) is 1. The molecule has 0 aromatic carbocycles. The Kier molecular flexibility index (Phi) is 6.43. The lowest BCUT2D eigenvalue weighted by molar-refractivity contribution is -0.165. The van der Waals surface area contributed by atoms with Gasteiger partial charge in [-0.25, -0.2) is 0 Å². The molecule has 9 heteroatoms. The highest BCUT2D eigenvalue weighted by Crippen LogP contribution is 2.52. The molecule has 1 saturated heterocycles. The first-order valence-corrected chi connectivity index (χ1v) is 12.4. The van der Waals surface area contributed by atoms with Gasteiger partial charge < -0.3 is 4.74 Å². The zero-order chi connectivity index (χ0) is 22.3. The summed E-state index contributed by atoms with van der Waals surface area (Å²) in [5.74, 6) is -0.766. The molecule has 0 aromatic rings. The van der Waals surface area contributed by atoms with E-state index < -0.39 is 33.8 Å². The van der Waals surface area contributed by atoms with Crippen molar-refractivity contribution in [2.75, 3.05) is 6.26 Å². The fraction of sp³-hybridized carbons (Fsp3) is 0.762. The summed E-state index contributed by atoms with van der Waals surface area (Å²) in [6, 6.07) is 0. The van der Waals surface area contributed by atoms with E-state index in [1.54, 1.807) is 0 Å². The molecule has 6 atom stereocenters. The summed E-state index contributed by atoms with van der Waals surface area (Å²) in [6.45, 7) is 5.53. The molecule has 2 bridgehead atoms. The van der Waals surface area contributed by atoms with Crippen molar-refractivity contribution >= 4 is 27.9 Å². The lowest BCUT2D eigenvalue weighted by Gasteiger charge is -2.33. The number of amides is 2. The van der Waals surface area contributed by atoms with Gasteiger partial charge in [-0.1, -0.05) is 19.1 Å². The molecular weight excluding hydrogens is 410 g/mol. The van der Waals surface area contributed by atoms with Crippen LogP contribution in [-0.2, 0) is 33.5 Å². The number of carbonyl (C=O) groups is 3. The van der Waals surface area contributed by atoms with Crippen molar-refractivity contribution < 1.29 is 31.8 Å². The monoisotopic (exact) mass is 441 g/mol. The Labute approximate surface area is 178 Å². The first kappa shape index (κ1) is 22.9. The minimum absolute atomic E-state index is 0.0339. The number of esters is 1. The standard InChI is InChI=1S/C11H15NO5S.C10H16O2/c1-3-7-5-4-6-8-9(7)11(14)12(10(8)13)17-18(2,15)16;1-7(11)12-10(2)6-8-3-4-9(10)5-8/h4-5,7-9H,3,6H2,1-2H3;8-9H,3-6H2,1-2H3. The van der Waals surface area contributed by atoms with Gasteiger partial charge >= 0.3 is 5.97 Å². The highest BCUT2D eigenvalue weighted by atomic mass is 32.2. The van der Waals surface area contributed by atoms with Crippen LogP contribution in [0.1, 0.15) is 59.3 Å². The topological polar surface area (TPSA) is 107 Å². The Morgan fingerprint density at radius 2 is 1.97 bits per heavy atom. The summed E-state index contributed by atoms with van der Waals surface area (Å²) in [6.07, 6.45) is 10.8. The molecule has 0 spiro atoms. The molecule has 6 unspecified atom stereocenters. The number of hydrogen-bond donors (Lipinski definition) is 0. The summed E-state index contributed by atoms with van der Waals surface area (Å²) in [5, 5.41) is 0.417. The average Bonchev–Trinajstić information content (AvgIpc) is 3.29. The van der Waals surface area contributed by atoms with Crippen LogP contribution in [0.3, 0.4) is 0 Å². The van der Waals surface area contributed by atoms with Crippen LogP contribution in [0.15, 0.2) is 12.2 Å². The van der Waals surface area contributed by atoms with E-state index >= 15 is 0 Å². The fourth-order valence-corrected chi connectivity index (χ4v) is 5.99. The van der Waals surface area contributed by atoms with Crippen LogP contribution in [0.4, 0.5) is 0 Å². The van der Waals surface area contributed by atoms with E-state index in [0.29, 0.717) is 17.4 Å². The van der Waals surface area contributed by atoms with Crippen LogP contribution in [0.2, 0.25) is 0 Å². The molecule has 30 heavy (non-hydrogen) atoms. The van der Waals surface area contributed by atoms with Gasteiger partial charge in [0.05, 0.1) is 18.1 Å². The third kappa shape index (κ3) is 4.61. The molecule has 0 N–H and O–H groups in total. The third-order valence-corrected chi connectivity index (χ3v) is 7.25. The summed E-state index contributed by atoms with van der Waals surface area (Å²) in [4.78, 5) is 34.9. The second-order valence-corrected chi connectivity index (χ2v) is 10.7. The molecule has 8 nitrogen and oxygen atoms in total. The number of allylic oxidation sites excluding steroid dienone is 2. The van der Waals surface area contributed by atoms with Crippen LogP contribution < -0.4 is 0 Å². The van der Waals surface area contributed by atoms with Gasteiger partial charge in [-0.2, -0.15) is 8.42 Å². The Bertz CT molecular complexity index is 851. The highest BCUT2D eigenvalue weighted by Gasteiger charge is 2.52. The average molecular weight is 442 g/mol. The zero-order valence-electron chi connectivity index (χ0n) is 18.0. The van der Waals surface area contributed by atoms with Crippen LogP contribution in [-0.4, -0.2) is 43.1 Å². The Hall–Kier alpha value is -1.74. The van der Waals surface area contributed by atoms with Crippen molar-refractivity contribution in [1.29, 1.82) is 0 Å². The van der Waals surface area contributed by atoms with Crippen molar-refractivity contribution in [2.24, 2.45) is 29.6 Å². The van der Waals surface area contributed by atoms with Gasteiger partial charge in [-0.15, -0.1) is 9.35 Å². The number of imide groups is 1. The predicted octanol–water partition coefficient (Wildman–Crippen LogP) is 2.59. The van der Waals surface area contributed by atoms with Crippen LogP contribution >= 0.6 is 0 Å². The molecule has 168 valence electrons. The molecular formula is C21H31NO7S. The molecule has 0 aromatic heterocycles. The largest absolute Gasteiger partial charge is 0.459 e. The molecule has 2 saturated carbocycles. The second-order valence-electron chi connectivity index (χ2n) is 9.10. The van der Waals surface area contributed by atoms with E-state index in [0.717, 1.165) is 25.0 Å². The van der Waals surface area contributed by atoms with Gasteiger partial charge in [-0.3, -0.25) is 14.4 Å². The van der Waals surface area contributed by atoms with Crippen molar-refractivity contribution in [2.45, 2.75) is 64.9 Å². The maximum absolute atomic E-state index is 12.1. The van der Waals surface area contributed by atoms with Crippen LogP contribution in [0, 0.1) is 29.6 Å². The normalized spacial score (nSPS) is 37.1. The van der Waals surface area contributed by atoms with Crippen molar-refractivity contribution in [3.8, 4) is 0 Å². The molecule has 4 rings (SSSR count). The molecule has 1 aliphatic heterocycles. The van der Waals surface area contributed by atoms with E-state index in [-0.39, 0.29) is 17.5 Å². The minimum atomic E-state index is -3.88. The molecule has 4 aliphatic rings. The van der Waals surface area contributed by atoms with Gasteiger partial charge in [0.2, 0.25) is 0 Å². The highest BCUT2D eigenvalue weighted by molar-refractivity contribution is 7.85. The molecule has 1 heterocycles. The van der Waals surface area contributed by atoms with Gasteiger partial charge in [0.1, 0.15) is 5.60 Å². The Balaban J connectivity index is 0.000000184. The predicted molar refractivity (Wildman–Crippen MR) is 108 cm³/mol. The van der Waals surface area contributed by atoms with E-state index in [9.17, 15) is 22.8 Å². The van der Waals surface area contributed by atoms with Crippen molar-refractivity contribution in [3.05, 3.63) is 12.2 Å². The lowest BCUT2D eigenvalue weighted by atomic mass is 9.76. The number of ether oxygens (including phenoxy) is 1. The second kappa shape index (κ2) is 8.42. The van der Waals surface area contributed by atoms with Gasteiger partial charge in [0.25, 0.3) is 21.9 Å². The summed E-state index contributed by atoms with van der Waals surface area (Å²) in [7, 11) is -3.88. The Morgan fingerprint density at radius 1 is 1.27 bits per heavy atom. The molecule has 0 radical (unpaired) electrons. The van der Waals surface area contributed by atoms with E-state index in [1.165, 1.54) is 26.2 Å². The quantitative estimate of drug-likeness (QED) is 0.375. The van der Waals surface area contributed by atoms with Gasteiger partial charge in [-0.05, 0) is 63.2 Å².